The Kier molecular flexibility index (Phi) is 3.95. The molecule has 126 valence electrons. The van der Waals surface area contributed by atoms with Crippen LogP contribution < -0.4 is 4.74 Å². The summed E-state index contributed by atoms with van der Waals surface area (Å²) in [6, 6.07) is 8.31. The molecular weight excluding hydrogens is 298 g/mol. The van der Waals surface area contributed by atoms with E-state index in [1.165, 1.54) is 5.56 Å². The van der Waals surface area contributed by atoms with Gasteiger partial charge in [0.25, 0.3) is 0 Å². The molecule has 1 aliphatic carbocycles. The molecule has 3 heteroatoms. The topological polar surface area (TPSA) is 29.5 Å². The lowest BCUT2D eigenvalue weighted by atomic mass is 9.82. The fraction of sp³-hybridized carbons (Fsp3) is 0.476. The molecule has 0 saturated carbocycles. The minimum Gasteiger partial charge on any atom is -0.468 e. The summed E-state index contributed by atoms with van der Waals surface area (Å²) in [5, 5.41) is 0. The van der Waals surface area contributed by atoms with Gasteiger partial charge < -0.3 is 9.64 Å². The van der Waals surface area contributed by atoms with E-state index < -0.39 is 5.72 Å². The molecule has 4 rings (SSSR count). The Morgan fingerprint density at radius 3 is 2.79 bits per heavy atom. The van der Waals surface area contributed by atoms with E-state index >= 15 is 0 Å². The lowest BCUT2D eigenvalue weighted by molar-refractivity contribution is -0.162. The van der Waals surface area contributed by atoms with Gasteiger partial charge in [-0.2, -0.15) is 0 Å². The molecule has 0 spiro atoms. The molecular formula is C21H25NO2. The average Bonchev–Trinajstić information content (AvgIpc) is 2.58. The number of ether oxygens (including phenoxy) is 1. The summed E-state index contributed by atoms with van der Waals surface area (Å²) in [5.41, 5.74) is 0.711. The Morgan fingerprint density at radius 2 is 1.92 bits per heavy atom. The van der Waals surface area contributed by atoms with Crippen LogP contribution in [-0.4, -0.2) is 23.1 Å². The second kappa shape index (κ2) is 6.12. The molecule has 0 N–H and O–H groups in total. The van der Waals surface area contributed by atoms with Crippen molar-refractivity contribution < 1.29 is 9.53 Å². The zero-order valence-electron chi connectivity index (χ0n) is 14.3. The molecule has 0 radical (unpaired) electrons. The SMILES string of the molecule is CC12CCCC(=O)N1CC1C=CC=CC1CCc1ccccc1O2. The lowest BCUT2D eigenvalue weighted by Crippen LogP contribution is -2.58. The number of carbonyl (C=O) groups excluding carboxylic acids is 1. The van der Waals surface area contributed by atoms with Crippen LogP contribution in [0.5, 0.6) is 5.75 Å². The minimum absolute atomic E-state index is 0.225. The molecule has 3 nitrogen and oxygen atoms in total. The molecule has 1 saturated heterocycles. The normalized spacial score (nSPS) is 32.4. The number of fused-ring (bicyclic) bond motifs is 3. The number of allylic oxidation sites excluding steroid dienone is 3. The first-order valence-electron chi connectivity index (χ1n) is 9.08. The van der Waals surface area contributed by atoms with Crippen molar-refractivity contribution in [2.75, 3.05) is 6.54 Å². The summed E-state index contributed by atoms with van der Waals surface area (Å²) in [6.07, 6.45) is 13.4. The number of aryl methyl sites for hydroxylation is 1. The Bertz CT molecular complexity index is 693. The van der Waals surface area contributed by atoms with Crippen LogP contribution in [0.4, 0.5) is 0 Å². The van der Waals surface area contributed by atoms with Crippen LogP contribution in [0, 0.1) is 11.8 Å². The molecule has 3 unspecified atom stereocenters. The monoisotopic (exact) mass is 323 g/mol. The van der Waals surface area contributed by atoms with Gasteiger partial charge in [-0.1, -0.05) is 42.5 Å². The van der Waals surface area contributed by atoms with E-state index in [9.17, 15) is 4.79 Å². The summed E-state index contributed by atoms with van der Waals surface area (Å²) in [6.45, 7) is 2.84. The Hall–Kier alpha value is -2.03. The summed E-state index contributed by atoms with van der Waals surface area (Å²) in [7, 11) is 0. The van der Waals surface area contributed by atoms with Gasteiger partial charge in [0, 0.05) is 25.3 Å². The fourth-order valence-electron chi connectivity index (χ4n) is 4.29. The molecule has 1 fully saturated rings. The van der Waals surface area contributed by atoms with Gasteiger partial charge in [-0.05, 0) is 43.7 Å². The van der Waals surface area contributed by atoms with Crippen molar-refractivity contribution in [3.63, 3.8) is 0 Å². The summed E-state index contributed by atoms with van der Waals surface area (Å²) < 4.78 is 6.48. The van der Waals surface area contributed by atoms with Crippen LogP contribution in [0.15, 0.2) is 48.6 Å². The van der Waals surface area contributed by atoms with E-state index in [2.05, 4.69) is 43.4 Å². The van der Waals surface area contributed by atoms with E-state index in [1.54, 1.807) is 0 Å². The quantitative estimate of drug-likeness (QED) is 0.719. The molecule has 0 bridgehead atoms. The van der Waals surface area contributed by atoms with E-state index in [-0.39, 0.29) is 5.91 Å². The predicted octanol–water partition coefficient (Wildman–Crippen LogP) is 4.10. The summed E-state index contributed by atoms with van der Waals surface area (Å²) in [5.74, 6) is 2.03. The molecule has 2 heterocycles. The van der Waals surface area contributed by atoms with Crippen LogP contribution in [-0.2, 0) is 11.2 Å². The Morgan fingerprint density at radius 1 is 1.12 bits per heavy atom. The van der Waals surface area contributed by atoms with Gasteiger partial charge in [0.15, 0.2) is 5.72 Å². The highest BCUT2D eigenvalue weighted by atomic mass is 16.5. The predicted molar refractivity (Wildman–Crippen MR) is 94.6 cm³/mol. The molecule has 1 aromatic carbocycles. The van der Waals surface area contributed by atoms with Gasteiger partial charge in [-0.25, -0.2) is 0 Å². The number of benzene rings is 1. The van der Waals surface area contributed by atoms with Gasteiger partial charge >= 0.3 is 0 Å². The van der Waals surface area contributed by atoms with Crippen LogP contribution >= 0.6 is 0 Å². The van der Waals surface area contributed by atoms with Crippen LogP contribution in [0.3, 0.4) is 0 Å². The standard InChI is InChI=1S/C21H25NO2/c1-21-14-6-11-20(23)22(21)15-18-9-3-2-7-16(18)12-13-17-8-4-5-10-19(17)24-21/h2-5,7-10,16,18H,6,11-15H2,1H3. The molecule has 1 amide bonds. The maximum atomic E-state index is 12.7. The molecule has 3 atom stereocenters. The minimum atomic E-state index is -0.539. The maximum absolute atomic E-state index is 12.7. The van der Waals surface area contributed by atoms with Crippen molar-refractivity contribution in [2.45, 2.75) is 44.8 Å². The summed E-state index contributed by atoms with van der Waals surface area (Å²) >= 11 is 0. The third-order valence-corrected chi connectivity index (χ3v) is 5.72. The van der Waals surface area contributed by atoms with Gasteiger partial charge in [-0.3, -0.25) is 4.79 Å². The number of rotatable bonds is 0. The number of amides is 1. The smallest absolute Gasteiger partial charge is 0.225 e. The van der Waals surface area contributed by atoms with E-state index in [1.807, 2.05) is 17.0 Å². The van der Waals surface area contributed by atoms with Crippen LogP contribution in [0.25, 0.3) is 0 Å². The van der Waals surface area contributed by atoms with Crippen molar-refractivity contribution in [1.29, 1.82) is 0 Å². The van der Waals surface area contributed by atoms with Gasteiger partial charge in [-0.15, -0.1) is 0 Å². The number of para-hydroxylation sites is 1. The van der Waals surface area contributed by atoms with Gasteiger partial charge in [0.1, 0.15) is 5.75 Å². The van der Waals surface area contributed by atoms with Crippen molar-refractivity contribution in [3.8, 4) is 5.75 Å². The van der Waals surface area contributed by atoms with Crippen molar-refractivity contribution >= 4 is 5.91 Å². The Labute approximate surface area is 144 Å². The molecule has 1 aromatic rings. The Balaban J connectivity index is 1.76. The second-order valence-electron chi connectivity index (χ2n) is 7.38. The van der Waals surface area contributed by atoms with E-state index in [4.69, 9.17) is 4.74 Å². The fourth-order valence-corrected chi connectivity index (χ4v) is 4.29. The zero-order valence-corrected chi connectivity index (χ0v) is 14.3. The second-order valence-corrected chi connectivity index (χ2v) is 7.38. The number of hydrogen-bond acceptors (Lipinski definition) is 2. The number of piperidine rings is 1. The molecule has 0 aromatic heterocycles. The van der Waals surface area contributed by atoms with E-state index in [0.717, 1.165) is 38.0 Å². The van der Waals surface area contributed by atoms with Crippen molar-refractivity contribution in [1.82, 2.24) is 4.90 Å². The summed E-state index contributed by atoms with van der Waals surface area (Å²) in [4.78, 5) is 14.7. The third-order valence-electron chi connectivity index (χ3n) is 5.72. The van der Waals surface area contributed by atoms with Crippen molar-refractivity contribution in [3.05, 3.63) is 54.1 Å². The number of hydrogen-bond donors (Lipinski definition) is 0. The van der Waals surface area contributed by atoms with E-state index in [0.29, 0.717) is 18.3 Å². The number of carbonyl (C=O) groups is 1. The molecule has 24 heavy (non-hydrogen) atoms. The average molecular weight is 323 g/mol. The first kappa shape index (κ1) is 15.5. The maximum Gasteiger partial charge on any atom is 0.225 e. The largest absolute Gasteiger partial charge is 0.468 e. The lowest BCUT2D eigenvalue weighted by Gasteiger charge is -2.47. The van der Waals surface area contributed by atoms with Gasteiger partial charge in [0.05, 0.1) is 0 Å². The third kappa shape index (κ3) is 2.77. The van der Waals surface area contributed by atoms with Crippen LogP contribution in [0.2, 0.25) is 0 Å². The first-order chi connectivity index (χ1) is 11.7. The highest BCUT2D eigenvalue weighted by Crippen LogP contribution is 2.38. The van der Waals surface area contributed by atoms with Gasteiger partial charge in [0.2, 0.25) is 5.91 Å². The zero-order chi connectivity index (χ0) is 16.6. The number of nitrogens with zero attached hydrogens (tertiary/aromatic N) is 1. The highest BCUT2D eigenvalue weighted by Gasteiger charge is 2.42. The van der Waals surface area contributed by atoms with Crippen LogP contribution in [0.1, 0.15) is 38.2 Å². The molecule has 2 aliphatic heterocycles. The first-order valence-corrected chi connectivity index (χ1v) is 9.08. The van der Waals surface area contributed by atoms with Crippen molar-refractivity contribution in [2.24, 2.45) is 11.8 Å². The highest BCUT2D eigenvalue weighted by molar-refractivity contribution is 5.77. The molecule has 3 aliphatic rings.